The van der Waals surface area contributed by atoms with Crippen LogP contribution in [0.15, 0.2) is 42.7 Å². The van der Waals surface area contributed by atoms with Crippen LogP contribution in [0.5, 0.6) is 0 Å². The normalized spacial score (nSPS) is 14.7. The fourth-order valence-electron chi connectivity index (χ4n) is 2.20. The first-order valence-corrected chi connectivity index (χ1v) is 6.37. The summed E-state index contributed by atoms with van der Waals surface area (Å²) in [7, 11) is 0. The van der Waals surface area contributed by atoms with Gasteiger partial charge in [0.05, 0.1) is 12.1 Å². The van der Waals surface area contributed by atoms with Gasteiger partial charge in [0.1, 0.15) is 5.82 Å². The number of imidazole rings is 1. The standard InChI is InChI=1S/C15H20N2O/c1-11(2)15-16-9-10-17(15)12(3)14(18)13-7-5-4-6-8-13/h4-12,14,18H,1-3H3. The predicted molar refractivity (Wildman–Crippen MR) is 72.4 cm³/mol. The zero-order valence-corrected chi connectivity index (χ0v) is 11.1. The molecule has 1 N–H and O–H groups in total. The van der Waals surface area contributed by atoms with Crippen molar-refractivity contribution >= 4 is 0 Å². The van der Waals surface area contributed by atoms with Gasteiger partial charge in [0.2, 0.25) is 0 Å². The van der Waals surface area contributed by atoms with Gasteiger partial charge < -0.3 is 9.67 Å². The van der Waals surface area contributed by atoms with Crippen LogP contribution in [-0.4, -0.2) is 14.7 Å². The molecule has 18 heavy (non-hydrogen) atoms. The van der Waals surface area contributed by atoms with Crippen molar-refractivity contribution in [2.75, 3.05) is 0 Å². The summed E-state index contributed by atoms with van der Waals surface area (Å²) in [5, 5.41) is 10.4. The summed E-state index contributed by atoms with van der Waals surface area (Å²) in [5.74, 6) is 1.36. The zero-order chi connectivity index (χ0) is 13.1. The van der Waals surface area contributed by atoms with E-state index < -0.39 is 6.10 Å². The molecule has 2 aromatic rings. The molecule has 2 rings (SSSR count). The van der Waals surface area contributed by atoms with E-state index in [1.807, 2.05) is 43.5 Å². The van der Waals surface area contributed by atoms with Gasteiger partial charge in [0, 0.05) is 18.3 Å². The van der Waals surface area contributed by atoms with E-state index in [-0.39, 0.29) is 6.04 Å². The van der Waals surface area contributed by atoms with Crippen molar-refractivity contribution in [3.05, 3.63) is 54.1 Å². The van der Waals surface area contributed by atoms with Crippen molar-refractivity contribution in [3.8, 4) is 0 Å². The molecular weight excluding hydrogens is 224 g/mol. The monoisotopic (exact) mass is 244 g/mol. The van der Waals surface area contributed by atoms with Gasteiger partial charge in [-0.1, -0.05) is 44.2 Å². The smallest absolute Gasteiger partial charge is 0.111 e. The molecular formula is C15H20N2O. The van der Waals surface area contributed by atoms with Gasteiger partial charge in [-0.3, -0.25) is 0 Å². The number of aliphatic hydroxyl groups excluding tert-OH is 1. The summed E-state index contributed by atoms with van der Waals surface area (Å²) in [6, 6.07) is 9.73. The van der Waals surface area contributed by atoms with Gasteiger partial charge in [-0.05, 0) is 12.5 Å². The molecule has 0 fully saturated rings. The van der Waals surface area contributed by atoms with E-state index in [0.717, 1.165) is 11.4 Å². The lowest BCUT2D eigenvalue weighted by atomic mass is 10.0. The third-order valence-electron chi connectivity index (χ3n) is 3.25. The third-order valence-corrected chi connectivity index (χ3v) is 3.25. The molecule has 1 aromatic carbocycles. The second-order valence-electron chi connectivity index (χ2n) is 4.94. The quantitative estimate of drug-likeness (QED) is 0.896. The van der Waals surface area contributed by atoms with Gasteiger partial charge in [0.15, 0.2) is 0 Å². The minimum absolute atomic E-state index is 0.0210. The Morgan fingerprint density at radius 1 is 1.11 bits per heavy atom. The average molecular weight is 244 g/mol. The van der Waals surface area contributed by atoms with Gasteiger partial charge in [-0.15, -0.1) is 0 Å². The Morgan fingerprint density at radius 3 is 2.39 bits per heavy atom. The highest BCUT2D eigenvalue weighted by molar-refractivity contribution is 5.19. The topological polar surface area (TPSA) is 38.0 Å². The second kappa shape index (κ2) is 5.36. The van der Waals surface area contributed by atoms with Crippen molar-refractivity contribution < 1.29 is 5.11 Å². The van der Waals surface area contributed by atoms with Crippen LogP contribution in [0, 0.1) is 0 Å². The maximum absolute atomic E-state index is 10.4. The molecule has 0 spiro atoms. The summed E-state index contributed by atoms with van der Waals surface area (Å²) >= 11 is 0. The fraction of sp³-hybridized carbons (Fsp3) is 0.400. The molecule has 2 unspecified atom stereocenters. The molecule has 3 nitrogen and oxygen atoms in total. The van der Waals surface area contributed by atoms with Crippen LogP contribution >= 0.6 is 0 Å². The van der Waals surface area contributed by atoms with E-state index in [4.69, 9.17) is 0 Å². The molecule has 0 saturated heterocycles. The van der Waals surface area contributed by atoms with Gasteiger partial charge >= 0.3 is 0 Å². The summed E-state index contributed by atoms with van der Waals surface area (Å²) in [5.41, 5.74) is 0.938. The molecule has 1 aromatic heterocycles. The highest BCUT2D eigenvalue weighted by atomic mass is 16.3. The molecule has 0 aliphatic heterocycles. The van der Waals surface area contributed by atoms with Crippen LogP contribution in [0.2, 0.25) is 0 Å². The average Bonchev–Trinajstić information content (AvgIpc) is 2.87. The number of rotatable bonds is 4. The van der Waals surface area contributed by atoms with Crippen molar-refractivity contribution in [2.45, 2.75) is 38.8 Å². The third kappa shape index (κ3) is 2.46. The minimum Gasteiger partial charge on any atom is -0.386 e. The van der Waals surface area contributed by atoms with Crippen molar-refractivity contribution in [2.24, 2.45) is 0 Å². The Kier molecular flexibility index (Phi) is 3.82. The molecule has 0 amide bonds. The molecule has 0 aliphatic rings. The summed E-state index contributed by atoms with van der Waals surface area (Å²) in [4.78, 5) is 4.36. The Hall–Kier alpha value is -1.61. The SMILES string of the molecule is CC(C)c1nccn1C(C)C(O)c1ccccc1. The van der Waals surface area contributed by atoms with E-state index in [2.05, 4.69) is 23.4 Å². The predicted octanol–water partition coefficient (Wildman–Crippen LogP) is 3.30. The fourth-order valence-corrected chi connectivity index (χ4v) is 2.20. The highest BCUT2D eigenvalue weighted by Crippen LogP contribution is 2.28. The largest absolute Gasteiger partial charge is 0.386 e. The summed E-state index contributed by atoms with van der Waals surface area (Å²) in [6.45, 7) is 6.24. The Morgan fingerprint density at radius 2 is 1.78 bits per heavy atom. The molecule has 0 bridgehead atoms. The number of aliphatic hydroxyl groups is 1. The number of aromatic nitrogens is 2. The van der Waals surface area contributed by atoms with Gasteiger partial charge in [-0.25, -0.2) is 4.98 Å². The van der Waals surface area contributed by atoms with E-state index in [0.29, 0.717) is 5.92 Å². The van der Waals surface area contributed by atoms with Crippen LogP contribution in [0.3, 0.4) is 0 Å². The Balaban J connectivity index is 2.26. The molecule has 96 valence electrons. The van der Waals surface area contributed by atoms with Crippen LogP contribution in [0.25, 0.3) is 0 Å². The van der Waals surface area contributed by atoms with Crippen molar-refractivity contribution in [1.29, 1.82) is 0 Å². The van der Waals surface area contributed by atoms with Crippen LogP contribution in [-0.2, 0) is 0 Å². The van der Waals surface area contributed by atoms with E-state index in [1.165, 1.54) is 0 Å². The maximum Gasteiger partial charge on any atom is 0.111 e. The van der Waals surface area contributed by atoms with Gasteiger partial charge in [-0.2, -0.15) is 0 Å². The van der Waals surface area contributed by atoms with Crippen LogP contribution in [0.4, 0.5) is 0 Å². The second-order valence-corrected chi connectivity index (χ2v) is 4.94. The Bertz CT molecular complexity index is 490. The number of benzene rings is 1. The summed E-state index contributed by atoms with van der Waals surface area (Å²) in [6.07, 6.45) is 3.22. The summed E-state index contributed by atoms with van der Waals surface area (Å²) < 4.78 is 2.06. The minimum atomic E-state index is -0.516. The lowest BCUT2D eigenvalue weighted by Gasteiger charge is -2.23. The molecule has 0 radical (unpaired) electrons. The first kappa shape index (κ1) is 12.8. The van der Waals surface area contributed by atoms with E-state index >= 15 is 0 Å². The number of hydrogen-bond donors (Lipinski definition) is 1. The van der Waals surface area contributed by atoms with E-state index in [1.54, 1.807) is 6.20 Å². The molecule has 1 heterocycles. The van der Waals surface area contributed by atoms with Crippen molar-refractivity contribution in [1.82, 2.24) is 9.55 Å². The zero-order valence-electron chi connectivity index (χ0n) is 11.1. The molecule has 3 heteroatoms. The van der Waals surface area contributed by atoms with E-state index in [9.17, 15) is 5.11 Å². The lowest BCUT2D eigenvalue weighted by molar-refractivity contribution is 0.120. The lowest BCUT2D eigenvalue weighted by Crippen LogP contribution is -2.17. The van der Waals surface area contributed by atoms with Crippen molar-refractivity contribution in [3.63, 3.8) is 0 Å². The Labute approximate surface area is 108 Å². The highest BCUT2D eigenvalue weighted by Gasteiger charge is 2.20. The maximum atomic E-state index is 10.4. The molecule has 0 aliphatic carbocycles. The number of hydrogen-bond acceptors (Lipinski definition) is 2. The van der Waals surface area contributed by atoms with Gasteiger partial charge in [0.25, 0.3) is 0 Å². The van der Waals surface area contributed by atoms with Crippen LogP contribution < -0.4 is 0 Å². The first-order chi connectivity index (χ1) is 8.61. The molecule has 0 saturated carbocycles. The van der Waals surface area contributed by atoms with Crippen LogP contribution in [0.1, 0.15) is 50.2 Å². The first-order valence-electron chi connectivity index (χ1n) is 6.37. The number of nitrogens with zero attached hydrogens (tertiary/aromatic N) is 2. The molecule has 2 atom stereocenters.